The molecule has 2 rings (SSSR count). The van der Waals surface area contributed by atoms with E-state index in [1.165, 1.54) is 24.3 Å². The maximum Gasteiger partial charge on any atom is 0.152 e. The van der Waals surface area contributed by atoms with E-state index in [0.717, 1.165) is 12.1 Å². The quantitative estimate of drug-likeness (QED) is 0.736. The predicted molar refractivity (Wildman–Crippen MR) is 62.2 cm³/mol. The van der Waals surface area contributed by atoms with Gasteiger partial charge in [0.15, 0.2) is 6.29 Å². The Morgan fingerprint density at radius 2 is 1.76 bits per heavy atom. The molecule has 0 bridgehead atoms. The van der Waals surface area contributed by atoms with Crippen molar-refractivity contribution in [2.75, 3.05) is 0 Å². The summed E-state index contributed by atoms with van der Waals surface area (Å²) in [5.74, 6) is -1.21. The van der Waals surface area contributed by atoms with Crippen LogP contribution in [0.2, 0.25) is 5.02 Å². The third kappa shape index (κ3) is 2.34. The molecule has 0 aliphatic heterocycles. The maximum atomic E-state index is 13.6. The normalized spacial score (nSPS) is 10.3. The van der Waals surface area contributed by atoms with Crippen molar-refractivity contribution in [1.29, 1.82) is 0 Å². The van der Waals surface area contributed by atoms with E-state index in [9.17, 15) is 13.6 Å². The standard InChI is InChI=1S/C13H7ClF2O/c14-10-3-4-11(13(16)6-10)8-1-2-9(7-17)12(15)5-8/h1-7H. The Labute approximate surface area is 102 Å². The topological polar surface area (TPSA) is 17.1 Å². The van der Waals surface area contributed by atoms with Crippen LogP contribution in [-0.2, 0) is 0 Å². The number of halogens is 3. The first-order chi connectivity index (χ1) is 8.11. The van der Waals surface area contributed by atoms with E-state index >= 15 is 0 Å². The minimum absolute atomic E-state index is 0.0527. The molecular formula is C13H7ClF2O. The Balaban J connectivity index is 2.53. The molecule has 0 spiro atoms. The Bertz CT molecular complexity index is 582. The molecule has 86 valence electrons. The minimum atomic E-state index is -0.674. The molecule has 0 aromatic heterocycles. The van der Waals surface area contributed by atoms with Crippen LogP contribution in [0.15, 0.2) is 36.4 Å². The highest BCUT2D eigenvalue weighted by Gasteiger charge is 2.08. The van der Waals surface area contributed by atoms with Crippen LogP contribution in [0.1, 0.15) is 10.4 Å². The smallest absolute Gasteiger partial charge is 0.152 e. The molecule has 0 saturated heterocycles. The zero-order valence-corrected chi connectivity index (χ0v) is 9.34. The van der Waals surface area contributed by atoms with Gasteiger partial charge in [0.1, 0.15) is 11.6 Å². The number of rotatable bonds is 2. The summed E-state index contributed by atoms with van der Waals surface area (Å²) >= 11 is 5.62. The average molecular weight is 253 g/mol. The lowest BCUT2D eigenvalue weighted by atomic mass is 10.0. The largest absolute Gasteiger partial charge is 0.298 e. The first kappa shape index (κ1) is 11.7. The van der Waals surface area contributed by atoms with Crippen LogP contribution in [-0.4, -0.2) is 6.29 Å². The third-order valence-corrected chi connectivity index (χ3v) is 2.60. The van der Waals surface area contributed by atoms with E-state index in [-0.39, 0.29) is 16.1 Å². The zero-order valence-electron chi connectivity index (χ0n) is 8.58. The number of aldehydes is 1. The Morgan fingerprint density at radius 3 is 2.35 bits per heavy atom. The summed E-state index contributed by atoms with van der Waals surface area (Å²) in [6, 6.07) is 8.06. The molecule has 0 amide bonds. The molecule has 2 aromatic rings. The average Bonchev–Trinajstić information content (AvgIpc) is 2.29. The van der Waals surface area contributed by atoms with Gasteiger partial charge in [0.05, 0.1) is 5.56 Å². The summed E-state index contributed by atoms with van der Waals surface area (Å²) in [5, 5.41) is 0.274. The Morgan fingerprint density at radius 1 is 1.00 bits per heavy atom. The second kappa shape index (κ2) is 4.63. The van der Waals surface area contributed by atoms with Gasteiger partial charge in [0, 0.05) is 10.6 Å². The molecule has 0 aliphatic rings. The maximum absolute atomic E-state index is 13.6. The third-order valence-electron chi connectivity index (χ3n) is 2.37. The van der Waals surface area contributed by atoms with E-state index in [0.29, 0.717) is 11.8 Å². The number of carbonyl (C=O) groups is 1. The fourth-order valence-corrected chi connectivity index (χ4v) is 1.67. The number of hydrogen-bond donors (Lipinski definition) is 0. The van der Waals surface area contributed by atoms with Crippen molar-refractivity contribution in [2.45, 2.75) is 0 Å². The highest BCUT2D eigenvalue weighted by atomic mass is 35.5. The lowest BCUT2D eigenvalue weighted by molar-refractivity contribution is 0.112. The van der Waals surface area contributed by atoms with Crippen molar-refractivity contribution in [2.24, 2.45) is 0 Å². The molecule has 0 radical (unpaired) electrons. The molecule has 0 saturated carbocycles. The van der Waals surface area contributed by atoms with Crippen LogP contribution in [0.5, 0.6) is 0 Å². The Hall–Kier alpha value is -1.74. The van der Waals surface area contributed by atoms with Gasteiger partial charge in [-0.2, -0.15) is 0 Å². The summed E-state index contributed by atoms with van der Waals surface area (Å²) in [5.41, 5.74) is 0.552. The second-order valence-electron chi connectivity index (χ2n) is 3.48. The molecule has 0 unspecified atom stereocenters. The lowest BCUT2D eigenvalue weighted by Crippen LogP contribution is -1.90. The molecule has 4 heteroatoms. The van der Waals surface area contributed by atoms with Crippen molar-refractivity contribution >= 4 is 17.9 Å². The van der Waals surface area contributed by atoms with Crippen molar-refractivity contribution in [3.63, 3.8) is 0 Å². The number of carbonyl (C=O) groups excluding carboxylic acids is 1. The van der Waals surface area contributed by atoms with Gasteiger partial charge in [-0.3, -0.25) is 4.79 Å². The van der Waals surface area contributed by atoms with Gasteiger partial charge in [0.25, 0.3) is 0 Å². The molecule has 2 aromatic carbocycles. The van der Waals surface area contributed by atoms with Gasteiger partial charge in [-0.15, -0.1) is 0 Å². The first-order valence-corrected chi connectivity index (χ1v) is 5.20. The van der Waals surface area contributed by atoms with Crippen LogP contribution < -0.4 is 0 Å². The Kier molecular flexibility index (Phi) is 3.20. The van der Waals surface area contributed by atoms with Crippen LogP contribution in [0.4, 0.5) is 8.78 Å². The molecule has 0 aliphatic carbocycles. The van der Waals surface area contributed by atoms with Crippen LogP contribution in [0, 0.1) is 11.6 Å². The summed E-state index contributed by atoms with van der Waals surface area (Å²) in [6.45, 7) is 0. The molecular weight excluding hydrogens is 246 g/mol. The van der Waals surface area contributed by atoms with Crippen molar-refractivity contribution < 1.29 is 13.6 Å². The molecule has 1 nitrogen and oxygen atoms in total. The van der Waals surface area contributed by atoms with Crippen LogP contribution >= 0.6 is 11.6 Å². The van der Waals surface area contributed by atoms with E-state index in [1.807, 2.05) is 0 Å². The first-order valence-electron chi connectivity index (χ1n) is 4.82. The predicted octanol–water partition coefficient (Wildman–Crippen LogP) is 4.10. The highest BCUT2D eigenvalue weighted by Crippen LogP contribution is 2.26. The van der Waals surface area contributed by atoms with E-state index in [1.54, 1.807) is 0 Å². The van der Waals surface area contributed by atoms with Gasteiger partial charge in [-0.25, -0.2) is 8.78 Å². The van der Waals surface area contributed by atoms with E-state index in [2.05, 4.69) is 0 Å². The summed E-state index contributed by atoms with van der Waals surface area (Å²) in [6.07, 6.45) is 0.414. The second-order valence-corrected chi connectivity index (χ2v) is 3.91. The van der Waals surface area contributed by atoms with Gasteiger partial charge in [0.2, 0.25) is 0 Å². The van der Waals surface area contributed by atoms with Crippen molar-refractivity contribution in [3.05, 3.63) is 58.6 Å². The molecule has 0 heterocycles. The van der Waals surface area contributed by atoms with Gasteiger partial charge in [-0.05, 0) is 35.9 Å². The zero-order chi connectivity index (χ0) is 12.4. The number of hydrogen-bond acceptors (Lipinski definition) is 1. The van der Waals surface area contributed by atoms with E-state index < -0.39 is 11.6 Å². The number of benzene rings is 2. The SMILES string of the molecule is O=Cc1ccc(-c2ccc(Cl)cc2F)cc1F. The fourth-order valence-electron chi connectivity index (χ4n) is 1.51. The van der Waals surface area contributed by atoms with Gasteiger partial charge in [-0.1, -0.05) is 17.7 Å². The van der Waals surface area contributed by atoms with Crippen LogP contribution in [0.25, 0.3) is 11.1 Å². The minimum Gasteiger partial charge on any atom is -0.298 e. The van der Waals surface area contributed by atoms with Crippen LogP contribution in [0.3, 0.4) is 0 Å². The highest BCUT2D eigenvalue weighted by molar-refractivity contribution is 6.30. The molecule has 0 N–H and O–H groups in total. The monoisotopic (exact) mass is 252 g/mol. The lowest BCUT2D eigenvalue weighted by Gasteiger charge is -2.05. The van der Waals surface area contributed by atoms with Gasteiger partial charge < -0.3 is 0 Å². The van der Waals surface area contributed by atoms with Crippen molar-refractivity contribution in [1.82, 2.24) is 0 Å². The summed E-state index contributed by atoms with van der Waals surface area (Å²) in [4.78, 5) is 10.5. The fraction of sp³-hybridized carbons (Fsp3) is 0. The summed E-state index contributed by atoms with van der Waals surface area (Å²) in [7, 11) is 0. The van der Waals surface area contributed by atoms with Gasteiger partial charge >= 0.3 is 0 Å². The van der Waals surface area contributed by atoms with E-state index in [4.69, 9.17) is 11.6 Å². The molecule has 17 heavy (non-hydrogen) atoms. The summed E-state index contributed by atoms with van der Waals surface area (Å²) < 4.78 is 26.9. The molecule has 0 fully saturated rings. The molecule has 0 atom stereocenters. The van der Waals surface area contributed by atoms with Crippen molar-refractivity contribution in [3.8, 4) is 11.1 Å².